The van der Waals surface area contributed by atoms with E-state index in [4.69, 9.17) is 0 Å². The Bertz CT molecular complexity index is 639. The van der Waals surface area contributed by atoms with E-state index in [1.165, 1.54) is 36.1 Å². The molecule has 2 N–H and O–H groups in total. The Morgan fingerprint density at radius 2 is 2.00 bits per heavy atom. The Hall–Kier alpha value is -1.96. The number of phenolic OH excluding ortho intramolecular Hbond substituents is 1. The number of phenols is 1. The van der Waals surface area contributed by atoms with Gasteiger partial charge in [-0.05, 0) is 60.9 Å². The van der Waals surface area contributed by atoms with Crippen molar-refractivity contribution >= 4 is 5.69 Å². The minimum absolute atomic E-state index is 0.220. The SMILES string of the molecule is Oc1cccc(C2CCCC3(Cc4ccccc4N3)C2)c1. The van der Waals surface area contributed by atoms with E-state index in [0.29, 0.717) is 11.7 Å². The van der Waals surface area contributed by atoms with Gasteiger partial charge in [0.2, 0.25) is 0 Å². The predicted molar refractivity (Wildman–Crippen MR) is 85.8 cm³/mol. The van der Waals surface area contributed by atoms with Gasteiger partial charge in [-0.1, -0.05) is 36.8 Å². The number of rotatable bonds is 1. The van der Waals surface area contributed by atoms with E-state index in [2.05, 4.69) is 35.6 Å². The quantitative estimate of drug-likeness (QED) is 0.808. The maximum atomic E-state index is 9.73. The van der Waals surface area contributed by atoms with E-state index >= 15 is 0 Å². The lowest BCUT2D eigenvalue weighted by Gasteiger charge is -2.39. The summed E-state index contributed by atoms with van der Waals surface area (Å²) in [4.78, 5) is 0. The van der Waals surface area contributed by atoms with Gasteiger partial charge in [-0.15, -0.1) is 0 Å². The molecule has 2 aliphatic rings. The Kier molecular flexibility index (Phi) is 2.91. The van der Waals surface area contributed by atoms with E-state index < -0.39 is 0 Å². The van der Waals surface area contributed by atoms with Gasteiger partial charge in [0.15, 0.2) is 0 Å². The molecule has 1 heterocycles. The maximum absolute atomic E-state index is 9.73. The second-order valence-corrected chi connectivity index (χ2v) is 6.63. The first-order valence-electron chi connectivity index (χ1n) is 7.89. The highest BCUT2D eigenvalue weighted by Gasteiger charge is 2.41. The fraction of sp³-hybridized carbons (Fsp3) is 0.368. The monoisotopic (exact) mass is 279 g/mol. The van der Waals surface area contributed by atoms with Gasteiger partial charge in [0, 0.05) is 11.2 Å². The van der Waals surface area contributed by atoms with Crippen LogP contribution < -0.4 is 5.32 Å². The minimum Gasteiger partial charge on any atom is -0.508 e. The average Bonchev–Trinajstić information content (AvgIpc) is 2.84. The number of fused-ring (bicyclic) bond motifs is 1. The van der Waals surface area contributed by atoms with Crippen molar-refractivity contribution in [3.63, 3.8) is 0 Å². The lowest BCUT2D eigenvalue weighted by Crippen LogP contribution is -2.40. The topological polar surface area (TPSA) is 32.3 Å². The molecular weight excluding hydrogens is 258 g/mol. The van der Waals surface area contributed by atoms with Crippen LogP contribution >= 0.6 is 0 Å². The minimum atomic E-state index is 0.220. The second kappa shape index (κ2) is 4.80. The fourth-order valence-electron chi connectivity index (χ4n) is 4.19. The summed E-state index contributed by atoms with van der Waals surface area (Å²) < 4.78 is 0. The lowest BCUT2D eigenvalue weighted by atomic mass is 9.72. The molecule has 1 saturated carbocycles. The molecule has 1 spiro atoms. The summed E-state index contributed by atoms with van der Waals surface area (Å²) in [6.45, 7) is 0. The Morgan fingerprint density at radius 3 is 2.86 bits per heavy atom. The standard InChI is InChI=1S/C19H21NO/c21-17-8-3-6-14(11-17)15-7-4-10-19(12-15)13-16-5-1-2-9-18(16)20-19/h1-3,5-6,8-9,11,15,20-21H,4,7,10,12-13H2. The van der Waals surface area contributed by atoms with Crippen molar-refractivity contribution in [3.8, 4) is 5.75 Å². The van der Waals surface area contributed by atoms with Crippen LogP contribution in [-0.4, -0.2) is 10.6 Å². The zero-order valence-corrected chi connectivity index (χ0v) is 12.2. The van der Waals surface area contributed by atoms with Crippen LogP contribution in [-0.2, 0) is 6.42 Å². The molecule has 1 fully saturated rings. The third kappa shape index (κ3) is 2.29. The van der Waals surface area contributed by atoms with E-state index in [1.54, 1.807) is 6.07 Å². The fourth-order valence-corrected chi connectivity index (χ4v) is 4.19. The maximum Gasteiger partial charge on any atom is 0.115 e. The molecule has 0 radical (unpaired) electrons. The smallest absolute Gasteiger partial charge is 0.115 e. The largest absolute Gasteiger partial charge is 0.508 e. The molecule has 4 rings (SSSR count). The van der Waals surface area contributed by atoms with Crippen molar-refractivity contribution in [1.82, 2.24) is 0 Å². The average molecular weight is 279 g/mol. The normalized spacial score (nSPS) is 27.3. The Labute approximate surface area is 125 Å². The molecule has 2 nitrogen and oxygen atoms in total. The first-order valence-corrected chi connectivity index (χ1v) is 7.89. The van der Waals surface area contributed by atoms with Crippen molar-refractivity contribution in [1.29, 1.82) is 0 Å². The molecule has 2 aromatic rings. The summed E-state index contributed by atoms with van der Waals surface area (Å²) in [5.41, 5.74) is 4.27. The second-order valence-electron chi connectivity index (χ2n) is 6.63. The van der Waals surface area contributed by atoms with Crippen LogP contribution in [0.15, 0.2) is 48.5 Å². The number of aromatic hydroxyl groups is 1. The number of hydrogen-bond acceptors (Lipinski definition) is 2. The van der Waals surface area contributed by atoms with Gasteiger partial charge in [0.1, 0.15) is 5.75 Å². The first kappa shape index (κ1) is 12.8. The van der Waals surface area contributed by atoms with Gasteiger partial charge in [-0.2, -0.15) is 0 Å². The van der Waals surface area contributed by atoms with Gasteiger partial charge in [0.25, 0.3) is 0 Å². The number of benzene rings is 2. The molecule has 2 atom stereocenters. The van der Waals surface area contributed by atoms with Crippen molar-refractivity contribution in [2.24, 2.45) is 0 Å². The summed E-state index contributed by atoms with van der Waals surface area (Å²) >= 11 is 0. The molecule has 108 valence electrons. The molecule has 0 amide bonds. The van der Waals surface area contributed by atoms with Gasteiger partial charge in [-0.3, -0.25) is 0 Å². The summed E-state index contributed by atoms with van der Waals surface area (Å²) in [6, 6.07) is 16.5. The van der Waals surface area contributed by atoms with Gasteiger partial charge in [-0.25, -0.2) is 0 Å². The summed E-state index contributed by atoms with van der Waals surface area (Å²) in [7, 11) is 0. The number of nitrogens with one attached hydrogen (secondary N) is 1. The Morgan fingerprint density at radius 1 is 1.10 bits per heavy atom. The molecule has 0 aromatic heterocycles. The van der Waals surface area contributed by atoms with Crippen LogP contribution in [0, 0.1) is 0 Å². The molecule has 2 unspecified atom stereocenters. The molecule has 1 aliphatic carbocycles. The summed E-state index contributed by atoms with van der Waals surface area (Å²) in [5.74, 6) is 0.933. The van der Waals surface area contributed by atoms with Crippen molar-refractivity contribution in [2.75, 3.05) is 5.32 Å². The first-order chi connectivity index (χ1) is 10.2. The van der Waals surface area contributed by atoms with Crippen molar-refractivity contribution < 1.29 is 5.11 Å². The molecule has 2 aromatic carbocycles. The van der Waals surface area contributed by atoms with Crippen LogP contribution in [0.25, 0.3) is 0 Å². The molecule has 1 aliphatic heterocycles. The van der Waals surface area contributed by atoms with Crippen LogP contribution in [0.1, 0.15) is 42.7 Å². The van der Waals surface area contributed by atoms with Gasteiger partial charge >= 0.3 is 0 Å². The zero-order valence-electron chi connectivity index (χ0n) is 12.2. The number of hydrogen-bond donors (Lipinski definition) is 2. The third-order valence-electron chi connectivity index (χ3n) is 5.13. The van der Waals surface area contributed by atoms with Gasteiger partial charge < -0.3 is 10.4 Å². The zero-order chi connectivity index (χ0) is 14.3. The molecular formula is C19H21NO. The Balaban J connectivity index is 1.60. The van der Waals surface area contributed by atoms with E-state index in [0.717, 1.165) is 12.8 Å². The van der Waals surface area contributed by atoms with Crippen LogP contribution in [0.4, 0.5) is 5.69 Å². The predicted octanol–water partition coefficient (Wildman–Crippen LogP) is 4.46. The van der Waals surface area contributed by atoms with E-state index in [9.17, 15) is 5.11 Å². The number of anilines is 1. The van der Waals surface area contributed by atoms with E-state index in [-0.39, 0.29) is 5.54 Å². The highest BCUT2D eigenvalue weighted by molar-refractivity contribution is 5.59. The van der Waals surface area contributed by atoms with Crippen LogP contribution in [0.5, 0.6) is 5.75 Å². The van der Waals surface area contributed by atoms with Crippen molar-refractivity contribution in [3.05, 3.63) is 59.7 Å². The highest BCUT2D eigenvalue weighted by atomic mass is 16.3. The van der Waals surface area contributed by atoms with Gasteiger partial charge in [0.05, 0.1) is 0 Å². The third-order valence-corrected chi connectivity index (χ3v) is 5.13. The lowest BCUT2D eigenvalue weighted by molar-refractivity contribution is 0.299. The van der Waals surface area contributed by atoms with Crippen LogP contribution in [0.3, 0.4) is 0 Å². The molecule has 0 saturated heterocycles. The number of para-hydroxylation sites is 1. The molecule has 2 heteroatoms. The molecule has 0 bridgehead atoms. The van der Waals surface area contributed by atoms with E-state index in [1.807, 2.05) is 12.1 Å². The summed E-state index contributed by atoms with van der Waals surface area (Å²) in [5, 5.41) is 13.5. The molecule has 21 heavy (non-hydrogen) atoms. The van der Waals surface area contributed by atoms with Crippen molar-refractivity contribution in [2.45, 2.75) is 43.6 Å². The van der Waals surface area contributed by atoms with Crippen LogP contribution in [0.2, 0.25) is 0 Å². The summed E-state index contributed by atoms with van der Waals surface area (Å²) in [6.07, 6.45) is 6.02. The highest BCUT2D eigenvalue weighted by Crippen LogP contribution is 2.46.